The van der Waals surface area contributed by atoms with E-state index in [4.69, 9.17) is 11.6 Å². The molecule has 0 aromatic heterocycles. The standard InChI is InChI=1S/C26H34ClNO/c1-3-5-9-15-28(16-10-6-4-2)19-26(29)25-17-20-11-7-8-12-22(20)24-18-21(27)13-14-23(24)25/h7-8,11-14,17-18,26,29H,3-6,9-10,15-16,19H2,1-2H3. The van der Waals surface area contributed by atoms with Crippen LogP contribution in [0.2, 0.25) is 5.02 Å². The smallest absolute Gasteiger partial charge is 0.0923 e. The van der Waals surface area contributed by atoms with E-state index in [0.29, 0.717) is 6.54 Å². The highest BCUT2D eigenvalue weighted by molar-refractivity contribution is 6.32. The molecule has 0 fully saturated rings. The second kappa shape index (κ2) is 11.0. The molecule has 156 valence electrons. The van der Waals surface area contributed by atoms with E-state index in [1.165, 1.54) is 43.9 Å². The van der Waals surface area contributed by atoms with E-state index in [2.05, 4.69) is 55.1 Å². The van der Waals surface area contributed by atoms with Gasteiger partial charge in [0, 0.05) is 11.6 Å². The van der Waals surface area contributed by atoms with Gasteiger partial charge >= 0.3 is 0 Å². The summed E-state index contributed by atoms with van der Waals surface area (Å²) in [6.45, 7) is 7.28. The van der Waals surface area contributed by atoms with Crippen molar-refractivity contribution in [3.05, 3.63) is 59.1 Å². The molecule has 0 bridgehead atoms. The fraction of sp³-hybridized carbons (Fsp3) is 0.462. The number of hydrogen-bond acceptors (Lipinski definition) is 2. The van der Waals surface area contributed by atoms with Crippen LogP contribution >= 0.6 is 11.6 Å². The van der Waals surface area contributed by atoms with Crippen LogP contribution in [0.3, 0.4) is 0 Å². The SMILES string of the molecule is CCCCCN(CCCCC)CC(O)c1cc2ccccc2c2cc(Cl)ccc12. The van der Waals surface area contributed by atoms with Crippen LogP contribution < -0.4 is 0 Å². The molecule has 1 atom stereocenters. The fourth-order valence-electron chi connectivity index (χ4n) is 4.19. The summed E-state index contributed by atoms with van der Waals surface area (Å²) in [7, 11) is 0. The highest BCUT2D eigenvalue weighted by Gasteiger charge is 2.17. The predicted molar refractivity (Wildman–Crippen MR) is 127 cm³/mol. The molecule has 3 rings (SSSR count). The number of fused-ring (bicyclic) bond motifs is 3. The Labute approximate surface area is 180 Å². The summed E-state index contributed by atoms with van der Waals surface area (Å²) in [6.07, 6.45) is 6.83. The first-order valence-electron chi connectivity index (χ1n) is 11.1. The minimum absolute atomic E-state index is 0.508. The van der Waals surface area contributed by atoms with Crippen LogP contribution in [0, 0.1) is 0 Å². The highest BCUT2D eigenvalue weighted by atomic mass is 35.5. The Morgan fingerprint density at radius 2 is 1.52 bits per heavy atom. The maximum absolute atomic E-state index is 11.3. The Balaban J connectivity index is 1.90. The van der Waals surface area contributed by atoms with Gasteiger partial charge in [-0.2, -0.15) is 0 Å². The van der Waals surface area contributed by atoms with Gasteiger partial charge in [0.15, 0.2) is 0 Å². The van der Waals surface area contributed by atoms with Crippen LogP contribution in [0.1, 0.15) is 64.0 Å². The van der Waals surface area contributed by atoms with Crippen molar-refractivity contribution in [1.29, 1.82) is 0 Å². The molecule has 0 radical (unpaired) electrons. The molecule has 2 nitrogen and oxygen atoms in total. The first kappa shape index (κ1) is 22.1. The maximum Gasteiger partial charge on any atom is 0.0923 e. The zero-order valence-electron chi connectivity index (χ0n) is 17.8. The molecule has 0 saturated heterocycles. The molecule has 0 spiro atoms. The second-order valence-corrected chi connectivity index (χ2v) is 8.54. The van der Waals surface area contributed by atoms with Gasteiger partial charge in [-0.15, -0.1) is 0 Å². The topological polar surface area (TPSA) is 23.5 Å². The van der Waals surface area contributed by atoms with Gasteiger partial charge in [-0.3, -0.25) is 0 Å². The lowest BCUT2D eigenvalue weighted by Gasteiger charge is -2.26. The van der Waals surface area contributed by atoms with Gasteiger partial charge in [-0.05, 0) is 71.2 Å². The third-order valence-corrected chi connectivity index (χ3v) is 6.04. The van der Waals surface area contributed by atoms with Crippen LogP contribution in [0.15, 0.2) is 48.5 Å². The number of rotatable bonds is 11. The van der Waals surface area contributed by atoms with Crippen LogP contribution in [-0.2, 0) is 0 Å². The summed E-state index contributed by atoms with van der Waals surface area (Å²) in [5.41, 5.74) is 1.01. The van der Waals surface area contributed by atoms with E-state index < -0.39 is 6.10 Å². The molecule has 0 saturated carbocycles. The van der Waals surface area contributed by atoms with Crippen molar-refractivity contribution in [2.45, 2.75) is 58.5 Å². The number of hydrogen-bond donors (Lipinski definition) is 1. The van der Waals surface area contributed by atoms with Gasteiger partial charge in [-0.25, -0.2) is 0 Å². The van der Waals surface area contributed by atoms with Gasteiger partial charge in [-0.1, -0.05) is 81.5 Å². The zero-order valence-corrected chi connectivity index (χ0v) is 18.6. The van der Waals surface area contributed by atoms with Crippen LogP contribution in [-0.4, -0.2) is 29.6 Å². The van der Waals surface area contributed by atoms with Crippen molar-refractivity contribution in [3.63, 3.8) is 0 Å². The van der Waals surface area contributed by atoms with Gasteiger partial charge in [0.25, 0.3) is 0 Å². The van der Waals surface area contributed by atoms with Gasteiger partial charge in [0.05, 0.1) is 6.10 Å². The summed E-state index contributed by atoms with van der Waals surface area (Å²) >= 11 is 6.31. The second-order valence-electron chi connectivity index (χ2n) is 8.11. The Kier molecular flexibility index (Phi) is 8.35. The number of halogens is 1. The highest BCUT2D eigenvalue weighted by Crippen LogP contribution is 2.34. The molecule has 3 aromatic carbocycles. The minimum atomic E-state index is -0.508. The van der Waals surface area contributed by atoms with E-state index in [0.717, 1.165) is 39.8 Å². The maximum atomic E-state index is 11.3. The monoisotopic (exact) mass is 411 g/mol. The number of aliphatic hydroxyl groups excluding tert-OH is 1. The molecular formula is C26H34ClNO. The molecule has 0 heterocycles. The molecule has 1 unspecified atom stereocenters. The van der Waals surface area contributed by atoms with Gasteiger partial charge in [0.2, 0.25) is 0 Å². The first-order valence-corrected chi connectivity index (χ1v) is 11.5. The largest absolute Gasteiger partial charge is 0.387 e. The lowest BCUT2D eigenvalue weighted by Crippen LogP contribution is -2.31. The summed E-state index contributed by atoms with van der Waals surface area (Å²) < 4.78 is 0. The average molecular weight is 412 g/mol. The van der Waals surface area contributed by atoms with Crippen LogP contribution in [0.25, 0.3) is 21.5 Å². The van der Waals surface area contributed by atoms with E-state index in [1.807, 2.05) is 12.1 Å². The van der Waals surface area contributed by atoms with E-state index in [9.17, 15) is 5.11 Å². The molecule has 3 heteroatoms. The van der Waals surface area contributed by atoms with Crippen molar-refractivity contribution < 1.29 is 5.11 Å². The molecule has 29 heavy (non-hydrogen) atoms. The van der Waals surface area contributed by atoms with Crippen LogP contribution in [0.4, 0.5) is 0 Å². The average Bonchev–Trinajstić information content (AvgIpc) is 2.73. The van der Waals surface area contributed by atoms with E-state index in [-0.39, 0.29) is 0 Å². The molecule has 0 aliphatic carbocycles. The molecule has 0 aliphatic rings. The van der Waals surface area contributed by atoms with Gasteiger partial charge in [0.1, 0.15) is 0 Å². The molecule has 1 N–H and O–H groups in total. The van der Waals surface area contributed by atoms with Crippen molar-refractivity contribution in [1.82, 2.24) is 4.90 Å². The van der Waals surface area contributed by atoms with Crippen molar-refractivity contribution >= 4 is 33.1 Å². The lowest BCUT2D eigenvalue weighted by atomic mass is 9.94. The van der Waals surface area contributed by atoms with Crippen LogP contribution in [0.5, 0.6) is 0 Å². The predicted octanol–water partition coefficient (Wildman–Crippen LogP) is 7.36. The molecule has 0 aliphatic heterocycles. The minimum Gasteiger partial charge on any atom is -0.387 e. The van der Waals surface area contributed by atoms with E-state index >= 15 is 0 Å². The van der Waals surface area contributed by atoms with Gasteiger partial charge < -0.3 is 10.0 Å². The van der Waals surface area contributed by atoms with Crippen molar-refractivity contribution in [3.8, 4) is 0 Å². The van der Waals surface area contributed by atoms with Crippen molar-refractivity contribution in [2.75, 3.05) is 19.6 Å². The number of nitrogens with zero attached hydrogens (tertiary/aromatic N) is 1. The molecule has 3 aromatic rings. The number of unbranched alkanes of at least 4 members (excludes halogenated alkanes) is 4. The Morgan fingerprint density at radius 3 is 2.21 bits per heavy atom. The summed E-state index contributed by atoms with van der Waals surface area (Å²) in [4.78, 5) is 2.45. The molecular weight excluding hydrogens is 378 g/mol. The Hall–Kier alpha value is -1.61. The number of aliphatic hydroxyl groups is 1. The third-order valence-electron chi connectivity index (χ3n) is 5.80. The Bertz CT molecular complexity index is 913. The summed E-state index contributed by atoms with van der Waals surface area (Å²) in [6, 6.07) is 16.5. The Morgan fingerprint density at radius 1 is 0.828 bits per heavy atom. The normalized spacial score (nSPS) is 12.9. The van der Waals surface area contributed by atoms with E-state index in [1.54, 1.807) is 0 Å². The lowest BCUT2D eigenvalue weighted by molar-refractivity contribution is 0.112. The first-order chi connectivity index (χ1) is 14.1. The molecule has 0 amide bonds. The third kappa shape index (κ3) is 5.72. The zero-order chi connectivity index (χ0) is 20.6. The quantitative estimate of drug-likeness (QED) is 0.263. The summed E-state index contributed by atoms with van der Waals surface area (Å²) in [5, 5.41) is 16.5. The summed E-state index contributed by atoms with van der Waals surface area (Å²) in [5.74, 6) is 0. The van der Waals surface area contributed by atoms with Crippen molar-refractivity contribution in [2.24, 2.45) is 0 Å². The number of benzene rings is 3. The fourth-order valence-corrected chi connectivity index (χ4v) is 4.36.